The van der Waals surface area contributed by atoms with Crippen molar-refractivity contribution < 1.29 is 0 Å². The molecule has 0 saturated carbocycles. The predicted octanol–water partition coefficient (Wildman–Crippen LogP) is 3.87. The molecule has 1 atom stereocenters. The molecule has 3 nitrogen and oxygen atoms in total. The van der Waals surface area contributed by atoms with Crippen molar-refractivity contribution in [3.05, 3.63) is 50.9 Å². The topological polar surface area (TPSA) is 29.9 Å². The standard InChI is InChI=1S/C17H24IN3/c1-4-10-19-16(11-13-6-8-14(18)9-7-13)17-12-15(5-2)20-21(17)3/h6-9,12,16,19H,4-5,10-11H2,1-3H3. The molecule has 0 amide bonds. The van der Waals surface area contributed by atoms with Crippen LogP contribution in [0.25, 0.3) is 0 Å². The van der Waals surface area contributed by atoms with Gasteiger partial charge >= 0.3 is 0 Å². The summed E-state index contributed by atoms with van der Waals surface area (Å²) >= 11 is 2.35. The maximum Gasteiger partial charge on any atom is 0.0625 e. The quantitative estimate of drug-likeness (QED) is 0.719. The highest BCUT2D eigenvalue weighted by Crippen LogP contribution is 2.20. The van der Waals surface area contributed by atoms with E-state index in [0.29, 0.717) is 6.04 Å². The average Bonchev–Trinajstić information content (AvgIpc) is 2.86. The Kier molecular flexibility index (Phi) is 6.23. The molecule has 0 aliphatic carbocycles. The van der Waals surface area contributed by atoms with Gasteiger partial charge in [-0.15, -0.1) is 0 Å². The van der Waals surface area contributed by atoms with Crippen molar-refractivity contribution in [1.82, 2.24) is 15.1 Å². The first-order valence-corrected chi connectivity index (χ1v) is 8.72. The Balaban J connectivity index is 2.20. The van der Waals surface area contributed by atoms with E-state index in [0.717, 1.165) is 25.8 Å². The number of halogens is 1. The fourth-order valence-electron chi connectivity index (χ4n) is 2.50. The molecule has 0 fully saturated rings. The predicted molar refractivity (Wildman–Crippen MR) is 96.5 cm³/mol. The second kappa shape index (κ2) is 7.94. The van der Waals surface area contributed by atoms with Gasteiger partial charge in [0.2, 0.25) is 0 Å². The summed E-state index contributed by atoms with van der Waals surface area (Å²) in [6.45, 7) is 5.39. The monoisotopic (exact) mass is 397 g/mol. The number of benzene rings is 1. The first-order chi connectivity index (χ1) is 10.1. The van der Waals surface area contributed by atoms with E-state index in [4.69, 9.17) is 0 Å². The Bertz CT molecular complexity index is 560. The minimum Gasteiger partial charge on any atom is -0.308 e. The molecule has 2 rings (SSSR count). The summed E-state index contributed by atoms with van der Waals surface area (Å²) in [7, 11) is 2.04. The van der Waals surface area contributed by atoms with E-state index >= 15 is 0 Å². The van der Waals surface area contributed by atoms with E-state index in [1.54, 1.807) is 0 Å². The van der Waals surface area contributed by atoms with Gasteiger partial charge in [-0.1, -0.05) is 26.0 Å². The third kappa shape index (κ3) is 4.54. The number of hydrogen-bond donors (Lipinski definition) is 1. The smallest absolute Gasteiger partial charge is 0.0625 e. The molecule has 0 aliphatic heterocycles. The molecule has 0 radical (unpaired) electrons. The number of hydrogen-bond acceptors (Lipinski definition) is 2. The van der Waals surface area contributed by atoms with Crippen molar-refractivity contribution in [1.29, 1.82) is 0 Å². The van der Waals surface area contributed by atoms with E-state index in [1.165, 1.54) is 20.5 Å². The zero-order valence-corrected chi connectivity index (χ0v) is 15.2. The average molecular weight is 397 g/mol. The largest absolute Gasteiger partial charge is 0.308 e. The Labute approximate surface area is 141 Å². The van der Waals surface area contributed by atoms with Crippen LogP contribution in [0, 0.1) is 3.57 Å². The molecule has 21 heavy (non-hydrogen) atoms. The fourth-order valence-corrected chi connectivity index (χ4v) is 2.86. The van der Waals surface area contributed by atoms with E-state index in [9.17, 15) is 0 Å². The Morgan fingerprint density at radius 3 is 2.52 bits per heavy atom. The highest BCUT2D eigenvalue weighted by molar-refractivity contribution is 14.1. The highest BCUT2D eigenvalue weighted by atomic mass is 127. The molecule has 1 N–H and O–H groups in total. The lowest BCUT2D eigenvalue weighted by atomic mass is 10.0. The molecule has 0 bridgehead atoms. The van der Waals surface area contributed by atoms with Crippen molar-refractivity contribution in [2.75, 3.05) is 6.54 Å². The summed E-state index contributed by atoms with van der Waals surface area (Å²) in [4.78, 5) is 0. The molecule has 1 aromatic carbocycles. The minimum absolute atomic E-state index is 0.322. The van der Waals surface area contributed by atoms with Crippen molar-refractivity contribution in [2.45, 2.75) is 39.2 Å². The molecule has 2 aromatic rings. The van der Waals surface area contributed by atoms with Gasteiger partial charge in [0.25, 0.3) is 0 Å². The summed E-state index contributed by atoms with van der Waals surface area (Å²) in [6, 6.07) is 11.3. The second-order valence-electron chi connectivity index (χ2n) is 5.38. The van der Waals surface area contributed by atoms with E-state index in [2.05, 4.69) is 77.2 Å². The molecule has 0 saturated heterocycles. The van der Waals surface area contributed by atoms with Crippen LogP contribution in [0.2, 0.25) is 0 Å². The summed E-state index contributed by atoms with van der Waals surface area (Å²) in [5.41, 5.74) is 3.81. The van der Waals surface area contributed by atoms with E-state index < -0.39 is 0 Å². The normalized spacial score (nSPS) is 12.6. The van der Waals surface area contributed by atoms with Gasteiger partial charge in [-0.25, -0.2) is 0 Å². The SMILES string of the molecule is CCCNC(Cc1ccc(I)cc1)c1cc(CC)nn1C. The number of aromatic nitrogens is 2. The van der Waals surface area contributed by atoms with Gasteiger partial charge in [-0.05, 0) is 72.2 Å². The first-order valence-electron chi connectivity index (χ1n) is 7.64. The summed E-state index contributed by atoms with van der Waals surface area (Å²) < 4.78 is 3.31. The van der Waals surface area contributed by atoms with Crippen LogP contribution in [0.1, 0.15) is 43.3 Å². The Morgan fingerprint density at radius 2 is 1.95 bits per heavy atom. The molecule has 4 heteroatoms. The van der Waals surface area contributed by atoms with Crippen molar-refractivity contribution >= 4 is 22.6 Å². The van der Waals surface area contributed by atoms with Crippen LogP contribution in [0.3, 0.4) is 0 Å². The fraction of sp³-hybridized carbons (Fsp3) is 0.471. The van der Waals surface area contributed by atoms with Crippen LogP contribution < -0.4 is 5.32 Å². The molecule has 1 heterocycles. The molecule has 1 unspecified atom stereocenters. The maximum atomic E-state index is 4.59. The van der Waals surface area contributed by atoms with Crippen molar-refractivity contribution in [3.63, 3.8) is 0 Å². The highest BCUT2D eigenvalue weighted by Gasteiger charge is 2.16. The maximum absolute atomic E-state index is 4.59. The van der Waals surface area contributed by atoms with Crippen LogP contribution in [-0.2, 0) is 19.9 Å². The Morgan fingerprint density at radius 1 is 1.24 bits per heavy atom. The molecular formula is C17H24IN3. The van der Waals surface area contributed by atoms with Gasteiger partial charge in [0, 0.05) is 10.6 Å². The first kappa shape index (κ1) is 16.5. The van der Waals surface area contributed by atoms with Gasteiger partial charge in [-0.2, -0.15) is 5.10 Å². The summed E-state index contributed by atoms with van der Waals surface area (Å²) in [6.07, 6.45) is 3.12. The number of rotatable bonds is 7. The molecule has 0 spiro atoms. The lowest BCUT2D eigenvalue weighted by Gasteiger charge is -2.19. The molecular weight excluding hydrogens is 373 g/mol. The summed E-state index contributed by atoms with van der Waals surface area (Å²) in [5, 5.41) is 8.25. The number of nitrogens with zero attached hydrogens (tertiary/aromatic N) is 2. The van der Waals surface area contributed by atoms with Gasteiger partial charge in [0.05, 0.1) is 17.4 Å². The lowest BCUT2D eigenvalue weighted by Crippen LogP contribution is -2.26. The van der Waals surface area contributed by atoms with Gasteiger partial charge < -0.3 is 5.32 Å². The van der Waals surface area contributed by atoms with Crippen LogP contribution in [0.15, 0.2) is 30.3 Å². The third-order valence-corrected chi connectivity index (χ3v) is 4.40. The minimum atomic E-state index is 0.322. The number of aryl methyl sites for hydroxylation is 2. The van der Waals surface area contributed by atoms with Crippen LogP contribution in [-0.4, -0.2) is 16.3 Å². The van der Waals surface area contributed by atoms with E-state index in [1.807, 2.05) is 11.7 Å². The van der Waals surface area contributed by atoms with Crippen molar-refractivity contribution in [2.24, 2.45) is 7.05 Å². The zero-order valence-electron chi connectivity index (χ0n) is 13.1. The third-order valence-electron chi connectivity index (χ3n) is 3.68. The van der Waals surface area contributed by atoms with Crippen molar-refractivity contribution in [3.8, 4) is 0 Å². The van der Waals surface area contributed by atoms with Gasteiger partial charge in [0.15, 0.2) is 0 Å². The molecule has 0 aliphatic rings. The molecule has 114 valence electrons. The van der Waals surface area contributed by atoms with Crippen LogP contribution >= 0.6 is 22.6 Å². The summed E-state index contributed by atoms with van der Waals surface area (Å²) in [5.74, 6) is 0. The lowest BCUT2D eigenvalue weighted by molar-refractivity contribution is 0.493. The van der Waals surface area contributed by atoms with Gasteiger partial charge in [-0.3, -0.25) is 4.68 Å². The Hall–Kier alpha value is -0.880. The van der Waals surface area contributed by atoms with Crippen LogP contribution in [0.5, 0.6) is 0 Å². The van der Waals surface area contributed by atoms with E-state index in [-0.39, 0.29) is 0 Å². The zero-order chi connectivity index (χ0) is 15.2. The van der Waals surface area contributed by atoms with Crippen LogP contribution in [0.4, 0.5) is 0 Å². The second-order valence-corrected chi connectivity index (χ2v) is 6.62. The molecule has 1 aromatic heterocycles. The number of nitrogens with one attached hydrogen (secondary N) is 1. The van der Waals surface area contributed by atoms with Gasteiger partial charge in [0.1, 0.15) is 0 Å².